The third-order valence-corrected chi connectivity index (χ3v) is 3.70. The lowest BCUT2D eigenvalue weighted by atomic mass is 10.2. The molecule has 2 rings (SSSR count). The van der Waals surface area contributed by atoms with E-state index in [0.717, 1.165) is 28.5 Å². The monoisotopic (exact) mass is 292 g/mol. The van der Waals surface area contributed by atoms with Crippen LogP contribution < -0.4 is 5.32 Å². The van der Waals surface area contributed by atoms with Crippen molar-refractivity contribution in [2.45, 2.75) is 20.1 Å². The Labute approximate surface area is 123 Å². The van der Waals surface area contributed by atoms with E-state index in [1.54, 1.807) is 18.4 Å². The fraction of sp³-hybridized carbons (Fsp3) is 0.400. The molecule has 0 saturated heterocycles. The number of nitrogens with one attached hydrogen (secondary N) is 1. The smallest absolute Gasteiger partial charge is 0.112 e. The summed E-state index contributed by atoms with van der Waals surface area (Å²) in [6, 6.07) is 8.25. The largest absolute Gasteiger partial charge is 0.382 e. The molecule has 0 fully saturated rings. The van der Waals surface area contributed by atoms with E-state index in [4.69, 9.17) is 9.47 Å². The first kappa shape index (κ1) is 15.0. The molecule has 1 N–H and O–H groups in total. The molecule has 0 spiro atoms. The minimum Gasteiger partial charge on any atom is -0.382 e. The Morgan fingerprint density at radius 3 is 2.95 bits per heavy atom. The zero-order valence-corrected chi connectivity index (χ0v) is 12.7. The van der Waals surface area contributed by atoms with Gasteiger partial charge in [-0.3, -0.25) is 0 Å². The SMILES string of the molecule is COCCOCc1cccc(NCc2nc(C)cs2)c1. The minimum absolute atomic E-state index is 0.606. The van der Waals surface area contributed by atoms with Crippen molar-refractivity contribution in [3.63, 3.8) is 0 Å². The number of ether oxygens (including phenoxy) is 2. The molecule has 20 heavy (non-hydrogen) atoms. The van der Waals surface area contributed by atoms with E-state index in [9.17, 15) is 0 Å². The van der Waals surface area contributed by atoms with Crippen LogP contribution in [0.15, 0.2) is 29.6 Å². The van der Waals surface area contributed by atoms with Crippen LogP contribution in [0, 0.1) is 6.92 Å². The van der Waals surface area contributed by atoms with E-state index < -0.39 is 0 Å². The van der Waals surface area contributed by atoms with Crippen LogP contribution in [0.3, 0.4) is 0 Å². The molecule has 1 aromatic heterocycles. The molecule has 0 saturated carbocycles. The highest BCUT2D eigenvalue weighted by Crippen LogP contribution is 2.15. The maximum Gasteiger partial charge on any atom is 0.112 e. The summed E-state index contributed by atoms with van der Waals surface area (Å²) in [5.41, 5.74) is 3.32. The lowest BCUT2D eigenvalue weighted by molar-refractivity contribution is 0.0617. The molecule has 5 heteroatoms. The fourth-order valence-corrected chi connectivity index (χ4v) is 2.48. The molecule has 1 aromatic carbocycles. The van der Waals surface area contributed by atoms with Gasteiger partial charge in [0.15, 0.2) is 0 Å². The van der Waals surface area contributed by atoms with Crippen molar-refractivity contribution in [1.29, 1.82) is 0 Å². The molecule has 0 aliphatic carbocycles. The first-order valence-corrected chi connectivity index (χ1v) is 7.46. The Balaban J connectivity index is 1.82. The molecule has 0 aliphatic heterocycles. The Bertz CT molecular complexity index is 528. The van der Waals surface area contributed by atoms with Crippen molar-refractivity contribution in [1.82, 2.24) is 4.98 Å². The second kappa shape index (κ2) is 7.99. The molecule has 0 amide bonds. The molecule has 2 aromatic rings. The third-order valence-electron chi connectivity index (χ3n) is 2.74. The number of aryl methyl sites for hydroxylation is 1. The fourth-order valence-electron chi connectivity index (χ4n) is 1.76. The zero-order chi connectivity index (χ0) is 14.2. The van der Waals surface area contributed by atoms with Crippen molar-refractivity contribution >= 4 is 17.0 Å². The molecular formula is C15H20N2O2S. The van der Waals surface area contributed by atoms with Gasteiger partial charge in [0.1, 0.15) is 5.01 Å². The van der Waals surface area contributed by atoms with Gasteiger partial charge in [0, 0.05) is 23.9 Å². The molecule has 0 bridgehead atoms. The number of nitrogens with zero attached hydrogens (tertiary/aromatic N) is 1. The molecule has 1 heterocycles. The van der Waals surface area contributed by atoms with E-state index >= 15 is 0 Å². The van der Waals surface area contributed by atoms with Gasteiger partial charge in [0.05, 0.1) is 26.4 Å². The number of methoxy groups -OCH3 is 1. The number of thiazole rings is 1. The Morgan fingerprint density at radius 2 is 2.20 bits per heavy atom. The topological polar surface area (TPSA) is 43.4 Å². The molecule has 0 aliphatic rings. The number of hydrogen-bond donors (Lipinski definition) is 1. The number of anilines is 1. The Morgan fingerprint density at radius 1 is 1.30 bits per heavy atom. The van der Waals surface area contributed by atoms with Crippen LogP contribution in [0.5, 0.6) is 0 Å². The summed E-state index contributed by atoms with van der Waals surface area (Å²) in [6.45, 7) is 4.62. The van der Waals surface area contributed by atoms with Gasteiger partial charge < -0.3 is 14.8 Å². The molecule has 4 nitrogen and oxygen atoms in total. The van der Waals surface area contributed by atoms with Crippen LogP contribution in [-0.4, -0.2) is 25.3 Å². The average Bonchev–Trinajstić information content (AvgIpc) is 2.88. The van der Waals surface area contributed by atoms with Crippen molar-refractivity contribution in [2.24, 2.45) is 0 Å². The maximum absolute atomic E-state index is 5.52. The molecule has 0 atom stereocenters. The van der Waals surface area contributed by atoms with E-state index in [1.165, 1.54) is 0 Å². The third kappa shape index (κ3) is 4.92. The first-order chi connectivity index (χ1) is 9.78. The number of hydrogen-bond acceptors (Lipinski definition) is 5. The van der Waals surface area contributed by atoms with Gasteiger partial charge in [-0.15, -0.1) is 11.3 Å². The Kier molecular flexibility index (Phi) is 5.98. The van der Waals surface area contributed by atoms with Crippen LogP contribution in [0.4, 0.5) is 5.69 Å². The van der Waals surface area contributed by atoms with Crippen molar-refractivity contribution < 1.29 is 9.47 Å². The average molecular weight is 292 g/mol. The van der Waals surface area contributed by atoms with E-state index in [0.29, 0.717) is 19.8 Å². The maximum atomic E-state index is 5.52. The van der Waals surface area contributed by atoms with Gasteiger partial charge in [-0.05, 0) is 24.6 Å². The summed E-state index contributed by atoms with van der Waals surface area (Å²) in [7, 11) is 1.67. The zero-order valence-electron chi connectivity index (χ0n) is 11.9. The highest BCUT2D eigenvalue weighted by molar-refractivity contribution is 7.09. The second-order valence-electron chi connectivity index (χ2n) is 4.48. The molecule has 0 unspecified atom stereocenters. The van der Waals surface area contributed by atoms with Gasteiger partial charge in [-0.2, -0.15) is 0 Å². The van der Waals surface area contributed by atoms with Crippen molar-refractivity contribution in [3.8, 4) is 0 Å². The summed E-state index contributed by atoms with van der Waals surface area (Å²) >= 11 is 1.68. The second-order valence-corrected chi connectivity index (χ2v) is 5.42. The lowest BCUT2D eigenvalue weighted by Gasteiger charge is -2.08. The quantitative estimate of drug-likeness (QED) is 0.759. The number of benzene rings is 1. The summed E-state index contributed by atoms with van der Waals surface area (Å²) < 4.78 is 10.5. The van der Waals surface area contributed by atoms with Crippen LogP contribution >= 0.6 is 11.3 Å². The van der Waals surface area contributed by atoms with Crippen LogP contribution in [0.2, 0.25) is 0 Å². The van der Waals surface area contributed by atoms with Gasteiger partial charge in [0.25, 0.3) is 0 Å². The van der Waals surface area contributed by atoms with Gasteiger partial charge in [0.2, 0.25) is 0 Å². The summed E-state index contributed by atoms with van der Waals surface area (Å²) in [5, 5.41) is 6.55. The van der Waals surface area contributed by atoms with E-state index in [1.807, 2.05) is 13.0 Å². The molecule has 0 radical (unpaired) electrons. The predicted molar refractivity (Wildman–Crippen MR) is 82.2 cm³/mol. The van der Waals surface area contributed by atoms with Crippen molar-refractivity contribution in [2.75, 3.05) is 25.6 Å². The summed E-state index contributed by atoms with van der Waals surface area (Å²) in [6.07, 6.45) is 0. The highest BCUT2D eigenvalue weighted by atomic mass is 32.1. The van der Waals surface area contributed by atoms with E-state index in [2.05, 4.69) is 33.9 Å². The van der Waals surface area contributed by atoms with Gasteiger partial charge in [-0.1, -0.05) is 12.1 Å². The number of aromatic nitrogens is 1. The Hall–Kier alpha value is -1.43. The van der Waals surface area contributed by atoms with Gasteiger partial charge in [-0.25, -0.2) is 4.98 Å². The minimum atomic E-state index is 0.606. The van der Waals surface area contributed by atoms with Gasteiger partial charge >= 0.3 is 0 Å². The first-order valence-electron chi connectivity index (χ1n) is 6.58. The summed E-state index contributed by atoms with van der Waals surface area (Å²) in [5.74, 6) is 0. The summed E-state index contributed by atoms with van der Waals surface area (Å²) in [4.78, 5) is 4.44. The van der Waals surface area contributed by atoms with Crippen LogP contribution in [0.1, 0.15) is 16.3 Å². The molecule has 108 valence electrons. The predicted octanol–water partition coefficient (Wildman–Crippen LogP) is 3.23. The van der Waals surface area contributed by atoms with Crippen LogP contribution in [-0.2, 0) is 22.6 Å². The van der Waals surface area contributed by atoms with Crippen LogP contribution in [0.25, 0.3) is 0 Å². The molecular weight excluding hydrogens is 272 g/mol. The number of rotatable bonds is 8. The van der Waals surface area contributed by atoms with Crippen molar-refractivity contribution in [3.05, 3.63) is 45.9 Å². The normalized spacial score (nSPS) is 10.7. The van der Waals surface area contributed by atoms with E-state index in [-0.39, 0.29) is 0 Å². The highest BCUT2D eigenvalue weighted by Gasteiger charge is 2.00. The lowest BCUT2D eigenvalue weighted by Crippen LogP contribution is -2.03. The standard InChI is InChI=1S/C15H20N2O2S/c1-12-11-20-15(17-12)9-16-14-5-3-4-13(8-14)10-19-7-6-18-2/h3-5,8,11,16H,6-7,9-10H2,1-2H3.